The number of hydrogen-bond donors (Lipinski definition) is 2. The van der Waals surface area contributed by atoms with Crippen LogP contribution in [0.15, 0.2) is 18.2 Å². The van der Waals surface area contributed by atoms with Crippen LogP contribution in [-0.2, 0) is 9.59 Å². The van der Waals surface area contributed by atoms with E-state index in [0.717, 1.165) is 17.8 Å². The topological polar surface area (TPSA) is 78.5 Å². The molecular weight excluding hydrogens is 426 g/mol. The quantitative estimate of drug-likeness (QED) is 0.698. The smallest absolute Gasteiger partial charge is 0.252 e. The van der Waals surface area contributed by atoms with Gasteiger partial charge in [0.25, 0.3) is 5.91 Å². The Morgan fingerprint density at radius 3 is 2.31 bits per heavy atom. The zero-order valence-corrected chi connectivity index (χ0v) is 19.6. The number of likely N-dealkylation sites (tertiary alicyclic amines) is 1. The van der Waals surface area contributed by atoms with Crippen LogP contribution in [0, 0.1) is 29.1 Å². The Morgan fingerprint density at radius 2 is 1.75 bits per heavy atom. The predicted octanol–water partition coefficient (Wildman–Crippen LogP) is 4.09. The molecule has 1 aromatic rings. The van der Waals surface area contributed by atoms with Gasteiger partial charge < -0.3 is 15.5 Å². The van der Waals surface area contributed by atoms with Crippen molar-refractivity contribution in [1.82, 2.24) is 10.2 Å². The number of halogens is 1. The second kappa shape index (κ2) is 8.05. The molecule has 5 aliphatic rings. The number of amides is 3. The van der Waals surface area contributed by atoms with E-state index < -0.39 is 0 Å². The molecule has 2 atom stereocenters. The number of rotatable bonds is 5. The lowest BCUT2D eigenvalue weighted by molar-refractivity contribution is -0.140. The average molecular weight is 458 g/mol. The van der Waals surface area contributed by atoms with Gasteiger partial charge in [-0.25, -0.2) is 0 Å². The molecule has 4 aliphatic carbocycles. The highest BCUT2D eigenvalue weighted by atomic mass is 35.5. The molecule has 1 aliphatic heterocycles. The number of carbonyl (C=O) groups is 3. The summed E-state index contributed by atoms with van der Waals surface area (Å²) in [6.07, 6.45) is 8.14. The first-order chi connectivity index (χ1) is 15.3. The minimum absolute atomic E-state index is 0.0985. The number of anilines is 1. The van der Waals surface area contributed by atoms with E-state index in [-0.39, 0.29) is 46.5 Å². The molecule has 4 bridgehead atoms. The Bertz CT molecular complexity index is 926. The molecular formula is C25H32ClN3O3. The average Bonchev–Trinajstić information content (AvgIpc) is 3.13. The van der Waals surface area contributed by atoms with Crippen LogP contribution in [0.2, 0.25) is 5.02 Å². The summed E-state index contributed by atoms with van der Waals surface area (Å²) in [6, 6.07) is 5.04. The third-order valence-electron chi connectivity index (χ3n) is 8.68. The molecule has 32 heavy (non-hydrogen) atoms. The maximum absolute atomic E-state index is 13.0. The van der Waals surface area contributed by atoms with E-state index >= 15 is 0 Å². The normalized spacial score (nSPS) is 34.0. The standard InChI is InChI=1S/C25H32ClN3O3/c1-14(25-10-15-5-16(11-25)7-17(6-15)12-25)29-13-18(8-22(29)30)23(31)28-19-3-4-20(21(26)9-19)24(32)27-2/h3-4,9,14-18H,5-8,10-13H2,1-2H3,(H,27,32)(H,28,31). The van der Waals surface area contributed by atoms with E-state index in [4.69, 9.17) is 11.6 Å². The number of carbonyl (C=O) groups excluding carboxylic acids is 3. The van der Waals surface area contributed by atoms with Gasteiger partial charge in [-0.1, -0.05) is 11.6 Å². The first-order valence-corrected chi connectivity index (χ1v) is 12.3. The molecule has 5 fully saturated rings. The summed E-state index contributed by atoms with van der Waals surface area (Å²) in [4.78, 5) is 39.7. The van der Waals surface area contributed by atoms with Gasteiger partial charge in [-0.05, 0) is 86.8 Å². The Hall–Kier alpha value is -2.08. The highest BCUT2D eigenvalue weighted by Gasteiger charge is 2.55. The Morgan fingerprint density at radius 1 is 1.12 bits per heavy atom. The Labute approximate surface area is 194 Å². The summed E-state index contributed by atoms with van der Waals surface area (Å²) in [5.74, 6) is 1.80. The monoisotopic (exact) mass is 457 g/mol. The highest BCUT2D eigenvalue weighted by molar-refractivity contribution is 6.34. The summed E-state index contributed by atoms with van der Waals surface area (Å²) >= 11 is 6.21. The molecule has 2 N–H and O–H groups in total. The van der Waals surface area contributed by atoms with Crippen LogP contribution in [-0.4, -0.2) is 42.3 Å². The molecule has 172 valence electrons. The van der Waals surface area contributed by atoms with E-state index in [1.807, 2.05) is 4.90 Å². The summed E-state index contributed by atoms with van der Waals surface area (Å²) in [5, 5.41) is 5.71. The lowest BCUT2D eigenvalue weighted by Gasteiger charge is -2.60. The fourth-order valence-corrected chi connectivity index (χ4v) is 7.72. The van der Waals surface area contributed by atoms with Crippen molar-refractivity contribution < 1.29 is 14.4 Å². The molecule has 7 heteroatoms. The molecule has 0 radical (unpaired) electrons. The van der Waals surface area contributed by atoms with Gasteiger partial charge in [0.2, 0.25) is 11.8 Å². The molecule has 4 saturated carbocycles. The molecule has 0 aromatic heterocycles. The zero-order chi connectivity index (χ0) is 22.6. The van der Waals surface area contributed by atoms with Crippen LogP contribution >= 0.6 is 11.6 Å². The van der Waals surface area contributed by atoms with E-state index in [2.05, 4.69) is 17.6 Å². The SMILES string of the molecule is CNC(=O)c1ccc(NC(=O)C2CC(=O)N(C(C)C34CC5CC(CC(C5)C3)C4)C2)cc1Cl. The van der Waals surface area contributed by atoms with Gasteiger partial charge in [0.1, 0.15) is 0 Å². The minimum atomic E-state index is -0.365. The number of benzene rings is 1. The van der Waals surface area contributed by atoms with Crippen LogP contribution < -0.4 is 10.6 Å². The molecule has 3 amide bonds. The minimum Gasteiger partial charge on any atom is -0.355 e. The number of nitrogens with zero attached hydrogens (tertiary/aromatic N) is 1. The van der Waals surface area contributed by atoms with Crippen LogP contribution in [0.25, 0.3) is 0 Å². The maximum Gasteiger partial charge on any atom is 0.252 e. The molecule has 2 unspecified atom stereocenters. The lowest BCUT2D eigenvalue weighted by Crippen LogP contribution is -2.56. The van der Waals surface area contributed by atoms with Crippen molar-refractivity contribution in [2.45, 2.75) is 57.9 Å². The third-order valence-corrected chi connectivity index (χ3v) is 8.99. The maximum atomic E-state index is 13.0. The molecule has 1 heterocycles. The van der Waals surface area contributed by atoms with Crippen molar-refractivity contribution in [2.24, 2.45) is 29.1 Å². The molecule has 6 rings (SSSR count). The zero-order valence-electron chi connectivity index (χ0n) is 18.8. The van der Waals surface area contributed by atoms with Crippen molar-refractivity contribution >= 4 is 35.0 Å². The van der Waals surface area contributed by atoms with Crippen molar-refractivity contribution in [3.05, 3.63) is 28.8 Å². The highest BCUT2D eigenvalue weighted by Crippen LogP contribution is 2.62. The molecule has 0 spiro atoms. The van der Waals surface area contributed by atoms with Crippen molar-refractivity contribution in [2.75, 3.05) is 18.9 Å². The van der Waals surface area contributed by atoms with E-state index in [1.165, 1.54) is 38.5 Å². The van der Waals surface area contributed by atoms with Crippen molar-refractivity contribution in [3.8, 4) is 0 Å². The van der Waals surface area contributed by atoms with Gasteiger partial charge in [-0.3, -0.25) is 14.4 Å². The van der Waals surface area contributed by atoms with Gasteiger partial charge in [-0.2, -0.15) is 0 Å². The number of hydrogen-bond acceptors (Lipinski definition) is 3. The van der Waals surface area contributed by atoms with Crippen molar-refractivity contribution in [3.63, 3.8) is 0 Å². The fourth-order valence-electron chi connectivity index (χ4n) is 7.46. The first kappa shape index (κ1) is 21.7. The number of nitrogens with one attached hydrogen (secondary N) is 2. The lowest BCUT2D eigenvalue weighted by atomic mass is 9.47. The molecule has 1 aromatic carbocycles. The van der Waals surface area contributed by atoms with Crippen LogP contribution in [0.1, 0.15) is 62.2 Å². The van der Waals surface area contributed by atoms with E-state index in [9.17, 15) is 14.4 Å². The van der Waals surface area contributed by atoms with Crippen LogP contribution in [0.5, 0.6) is 0 Å². The first-order valence-electron chi connectivity index (χ1n) is 11.9. The largest absolute Gasteiger partial charge is 0.355 e. The van der Waals surface area contributed by atoms with Crippen LogP contribution in [0.3, 0.4) is 0 Å². The molecule has 6 nitrogen and oxygen atoms in total. The summed E-state index contributed by atoms with van der Waals surface area (Å²) in [6.45, 7) is 2.71. The van der Waals surface area contributed by atoms with Gasteiger partial charge in [0.15, 0.2) is 0 Å². The van der Waals surface area contributed by atoms with Gasteiger partial charge >= 0.3 is 0 Å². The van der Waals surface area contributed by atoms with Gasteiger partial charge in [-0.15, -0.1) is 0 Å². The predicted molar refractivity (Wildman–Crippen MR) is 123 cm³/mol. The van der Waals surface area contributed by atoms with E-state index in [1.54, 1.807) is 25.2 Å². The van der Waals surface area contributed by atoms with Gasteiger partial charge in [0.05, 0.1) is 16.5 Å². The van der Waals surface area contributed by atoms with Gasteiger partial charge in [0, 0.05) is 31.7 Å². The summed E-state index contributed by atoms with van der Waals surface area (Å²) in [5.41, 5.74) is 1.14. The Kier molecular flexibility index (Phi) is 5.47. The van der Waals surface area contributed by atoms with E-state index in [0.29, 0.717) is 17.8 Å². The summed E-state index contributed by atoms with van der Waals surface area (Å²) < 4.78 is 0. The fraction of sp³-hybridized carbons (Fsp3) is 0.640. The van der Waals surface area contributed by atoms with Crippen LogP contribution in [0.4, 0.5) is 5.69 Å². The Balaban J connectivity index is 1.25. The molecule has 1 saturated heterocycles. The second-order valence-corrected chi connectivity index (χ2v) is 11.1. The third kappa shape index (κ3) is 3.70. The summed E-state index contributed by atoms with van der Waals surface area (Å²) in [7, 11) is 1.54. The second-order valence-electron chi connectivity index (χ2n) is 10.7. The van der Waals surface area contributed by atoms with Crippen molar-refractivity contribution in [1.29, 1.82) is 0 Å².